The van der Waals surface area contributed by atoms with Crippen LogP contribution in [0.25, 0.3) is 0 Å². The number of Topliss-reactive ketones (excluding diaryl/α,β-unsaturated/α-hetero) is 1. The Bertz CT molecular complexity index is 569. The number of nitrogens with two attached hydrogens (primary N) is 1. The van der Waals surface area contributed by atoms with Gasteiger partial charge in [0.1, 0.15) is 31.0 Å². The van der Waals surface area contributed by atoms with Crippen LogP contribution in [0, 0.1) is 5.92 Å². The number of aliphatic hydroxyl groups excluding tert-OH is 3. The largest absolute Gasteiger partial charge is 0.447 e. The number of hydrogen-bond acceptors (Lipinski definition) is 8. The second-order valence-corrected chi connectivity index (χ2v) is 7.95. The van der Waals surface area contributed by atoms with E-state index in [2.05, 4.69) is 18.2 Å². The van der Waals surface area contributed by atoms with Crippen molar-refractivity contribution >= 4 is 11.9 Å². The van der Waals surface area contributed by atoms with Crippen LogP contribution in [-0.2, 0) is 19.0 Å². The maximum absolute atomic E-state index is 12.4. The Kier molecular flexibility index (Phi) is 11.5. The fourth-order valence-corrected chi connectivity index (χ4v) is 3.51. The number of hydrogen-bond donors (Lipinski definition) is 4. The highest BCUT2D eigenvalue weighted by Gasteiger charge is 2.46. The van der Waals surface area contributed by atoms with Crippen molar-refractivity contribution in [3.8, 4) is 0 Å². The summed E-state index contributed by atoms with van der Waals surface area (Å²) in [6.45, 7) is 8.73. The third kappa shape index (κ3) is 7.96. The number of carbonyl (C=O) groups excluding carboxylic acids is 2. The second kappa shape index (κ2) is 13.0. The first-order valence-electron chi connectivity index (χ1n) is 10.6. The van der Waals surface area contributed by atoms with E-state index in [0.29, 0.717) is 12.0 Å². The predicted molar refractivity (Wildman–Crippen MR) is 109 cm³/mol. The lowest BCUT2D eigenvalue weighted by Gasteiger charge is -2.42. The summed E-state index contributed by atoms with van der Waals surface area (Å²) < 4.78 is 15.8. The molecular weight excluding hydrogens is 394 g/mol. The molecule has 0 bridgehead atoms. The summed E-state index contributed by atoms with van der Waals surface area (Å²) >= 11 is 0. The Morgan fingerprint density at radius 2 is 1.77 bits per heavy atom. The lowest BCUT2D eigenvalue weighted by Crippen LogP contribution is -2.60. The molecule has 9 nitrogen and oxygen atoms in total. The fourth-order valence-electron chi connectivity index (χ4n) is 3.51. The number of unbranched alkanes of at least 4 members (excludes halogenated alkanes) is 4. The minimum Gasteiger partial charge on any atom is -0.447 e. The van der Waals surface area contributed by atoms with Gasteiger partial charge in [0, 0.05) is 5.92 Å². The van der Waals surface area contributed by atoms with Gasteiger partial charge in [-0.25, -0.2) is 4.79 Å². The normalized spacial score (nSPS) is 28.5. The van der Waals surface area contributed by atoms with E-state index in [4.69, 9.17) is 15.2 Å². The molecule has 1 aliphatic heterocycles. The van der Waals surface area contributed by atoms with Gasteiger partial charge in [0.15, 0.2) is 12.1 Å². The van der Waals surface area contributed by atoms with Crippen LogP contribution in [0.2, 0.25) is 0 Å². The summed E-state index contributed by atoms with van der Waals surface area (Å²) in [6.07, 6.45) is -3.02. The molecule has 174 valence electrons. The average molecular weight is 432 g/mol. The molecule has 0 saturated carbocycles. The van der Waals surface area contributed by atoms with E-state index in [9.17, 15) is 24.9 Å². The first kappa shape index (κ1) is 26.5. The van der Waals surface area contributed by atoms with Crippen LogP contribution in [-0.4, -0.2) is 70.6 Å². The van der Waals surface area contributed by atoms with Crippen LogP contribution in [0.4, 0.5) is 4.79 Å². The number of rotatable bonds is 13. The van der Waals surface area contributed by atoms with Crippen molar-refractivity contribution in [3.63, 3.8) is 0 Å². The van der Waals surface area contributed by atoms with Crippen LogP contribution < -0.4 is 5.73 Å². The maximum Gasteiger partial charge on any atom is 0.404 e. The minimum atomic E-state index is -1.58. The molecule has 1 amide bonds. The zero-order valence-corrected chi connectivity index (χ0v) is 18.2. The molecule has 30 heavy (non-hydrogen) atoms. The molecule has 0 aliphatic carbocycles. The minimum absolute atomic E-state index is 0.164. The number of amides is 1. The lowest BCUT2D eigenvalue weighted by molar-refractivity contribution is -0.305. The van der Waals surface area contributed by atoms with E-state index < -0.39 is 55.4 Å². The molecule has 1 fully saturated rings. The molecule has 0 spiro atoms. The van der Waals surface area contributed by atoms with Crippen LogP contribution in [0.15, 0.2) is 12.2 Å². The van der Waals surface area contributed by atoms with Crippen molar-refractivity contribution in [1.29, 1.82) is 0 Å². The van der Waals surface area contributed by atoms with Gasteiger partial charge in [0.05, 0.1) is 6.10 Å². The van der Waals surface area contributed by atoms with E-state index in [1.54, 1.807) is 13.8 Å². The Morgan fingerprint density at radius 1 is 1.13 bits per heavy atom. The highest BCUT2D eigenvalue weighted by Crippen LogP contribution is 2.28. The quantitative estimate of drug-likeness (QED) is 0.253. The van der Waals surface area contributed by atoms with Gasteiger partial charge in [-0.2, -0.15) is 0 Å². The molecule has 9 heteroatoms. The SMILES string of the molecule is C=C(C)C(=O)C(C)C(CCCCCCC)O[C@@H]1[C@@H](O)[C@H](O)[C@@H](COC(N)=O)O[C@H]1O. The van der Waals surface area contributed by atoms with Gasteiger partial charge in [-0.05, 0) is 18.9 Å². The molecule has 2 unspecified atom stereocenters. The molecule has 1 saturated heterocycles. The van der Waals surface area contributed by atoms with Gasteiger partial charge in [0.25, 0.3) is 0 Å². The zero-order chi connectivity index (χ0) is 22.8. The van der Waals surface area contributed by atoms with Gasteiger partial charge in [0.2, 0.25) is 0 Å². The maximum atomic E-state index is 12.4. The first-order valence-corrected chi connectivity index (χ1v) is 10.6. The summed E-state index contributed by atoms with van der Waals surface area (Å²) in [5.41, 5.74) is 5.29. The van der Waals surface area contributed by atoms with Crippen LogP contribution in [0.5, 0.6) is 0 Å². The smallest absolute Gasteiger partial charge is 0.404 e. The Balaban J connectivity index is 2.83. The van der Waals surface area contributed by atoms with Crippen molar-refractivity contribution in [1.82, 2.24) is 0 Å². The third-order valence-corrected chi connectivity index (χ3v) is 5.37. The van der Waals surface area contributed by atoms with Crippen LogP contribution >= 0.6 is 0 Å². The Morgan fingerprint density at radius 3 is 2.33 bits per heavy atom. The van der Waals surface area contributed by atoms with Gasteiger partial charge in [-0.15, -0.1) is 0 Å². The summed E-state index contributed by atoms with van der Waals surface area (Å²) in [6, 6.07) is 0. The van der Waals surface area contributed by atoms with E-state index in [1.165, 1.54) is 0 Å². The molecule has 0 radical (unpaired) electrons. The summed E-state index contributed by atoms with van der Waals surface area (Å²) in [7, 11) is 0. The van der Waals surface area contributed by atoms with Gasteiger partial charge < -0.3 is 35.3 Å². The third-order valence-electron chi connectivity index (χ3n) is 5.37. The second-order valence-electron chi connectivity index (χ2n) is 7.95. The number of ether oxygens (including phenoxy) is 3. The number of ketones is 1. The molecule has 1 heterocycles. The van der Waals surface area contributed by atoms with E-state index in [-0.39, 0.29) is 5.78 Å². The number of carbonyl (C=O) groups is 2. The Labute approximate surface area is 178 Å². The van der Waals surface area contributed by atoms with Crippen molar-refractivity contribution in [3.05, 3.63) is 12.2 Å². The van der Waals surface area contributed by atoms with Crippen molar-refractivity contribution in [2.75, 3.05) is 6.61 Å². The summed E-state index contributed by atoms with van der Waals surface area (Å²) in [4.78, 5) is 23.2. The topological polar surface area (TPSA) is 149 Å². The molecule has 1 rings (SSSR count). The van der Waals surface area contributed by atoms with Gasteiger partial charge in [-0.1, -0.05) is 52.5 Å². The van der Waals surface area contributed by atoms with Crippen LogP contribution in [0.1, 0.15) is 59.3 Å². The first-order chi connectivity index (χ1) is 14.1. The van der Waals surface area contributed by atoms with Crippen molar-refractivity contribution in [2.45, 2.75) is 96.1 Å². The molecule has 0 aromatic heterocycles. The summed E-state index contributed by atoms with van der Waals surface area (Å²) in [5.74, 6) is -0.705. The highest BCUT2D eigenvalue weighted by atomic mass is 16.7. The molecule has 7 atom stereocenters. The highest BCUT2D eigenvalue weighted by molar-refractivity contribution is 5.96. The van der Waals surface area contributed by atoms with Crippen molar-refractivity contribution in [2.24, 2.45) is 11.7 Å². The average Bonchev–Trinajstić information content (AvgIpc) is 2.69. The molecule has 0 aromatic rings. The zero-order valence-electron chi connectivity index (χ0n) is 18.2. The lowest BCUT2D eigenvalue weighted by atomic mass is 9.91. The molecule has 1 aliphatic rings. The van der Waals surface area contributed by atoms with Crippen molar-refractivity contribution < 1.29 is 39.1 Å². The van der Waals surface area contributed by atoms with E-state index in [0.717, 1.165) is 32.1 Å². The predicted octanol–water partition coefficient (Wildman–Crippen LogP) is 1.42. The Hall–Kier alpha value is -1.52. The molecule has 0 aromatic carbocycles. The van der Waals surface area contributed by atoms with E-state index in [1.807, 2.05) is 0 Å². The standard InChI is InChI=1S/C21H37NO8/c1-5-6-7-8-9-10-14(13(4)16(23)12(2)3)29-19-18(25)17(24)15(30-20(19)26)11-28-21(22)27/h13-15,17-20,24-26H,2,5-11H2,1,3-4H3,(H2,22,27)/t13?,14?,15-,17-,18+,19-,20-/m1/s1. The van der Waals surface area contributed by atoms with E-state index >= 15 is 0 Å². The number of aliphatic hydroxyl groups is 3. The molecule has 5 N–H and O–H groups in total. The number of primary amides is 1. The van der Waals surface area contributed by atoms with Gasteiger partial charge in [-0.3, -0.25) is 4.79 Å². The van der Waals surface area contributed by atoms with Crippen LogP contribution in [0.3, 0.4) is 0 Å². The van der Waals surface area contributed by atoms with Gasteiger partial charge >= 0.3 is 6.09 Å². The molecular formula is C21H37NO8. The summed E-state index contributed by atoms with van der Waals surface area (Å²) in [5, 5.41) is 31.1. The monoisotopic (exact) mass is 431 g/mol. The number of allylic oxidation sites excluding steroid dienone is 1. The fraction of sp³-hybridized carbons (Fsp3) is 0.810.